The maximum Gasteiger partial charge on any atom is 0.137 e. The monoisotopic (exact) mass is 246 g/mol. The van der Waals surface area contributed by atoms with Crippen molar-refractivity contribution in [1.29, 1.82) is 5.26 Å². The van der Waals surface area contributed by atoms with Crippen molar-refractivity contribution in [2.75, 3.05) is 39.5 Å². The number of rotatable bonds is 5. The quantitative estimate of drug-likeness (QED) is 0.741. The topological polar surface area (TPSA) is 45.5 Å². The minimum Gasteiger partial charge on any atom is -0.492 e. The Labute approximate surface area is 108 Å². The van der Waals surface area contributed by atoms with Gasteiger partial charge in [0.25, 0.3) is 0 Å². The minimum absolute atomic E-state index is 0.601. The van der Waals surface area contributed by atoms with Gasteiger partial charge in [-0.3, -0.25) is 4.90 Å². The minimum atomic E-state index is 0.601. The summed E-state index contributed by atoms with van der Waals surface area (Å²) in [6.07, 6.45) is 0.972. The third-order valence-corrected chi connectivity index (χ3v) is 2.99. The Bertz CT molecular complexity index is 409. The van der Waals surface area contributed by atoms with E-state index in [0.29, 0.717) is 17.9 Å². The predicted octanol–water partition coefficient (Wildman–Crippen LogP) is 1.66. The molecule has 96 valence electrons. The number of ether oxygens (including phenoxy) is 2. The fourth-order valence-electron chi connectivity index (χ4n) is 1.98. The Kier molecular flexibility index (Phi) is 5.00. The van der Waals surface area contributed by atoms with E-state index in [0.717, 1.165) is 39.3 Å². The van der Waals surface area contributed by atoms with Crippen molar-refractivity contribution in [3.63, 3.8) is 0 Å². The maximum atomic E-state index is 8.93. The van der Waals surface area contributed by atoms with Crippen LogP contribution in [0.25, 0.3) is 0 Å². The molecule has 0 aromatic heterocycles. The Morgan fingerprint density at radius 1 is 1.28 bits per heavy atom. The normalized spacial score (nSPS) is 16.2. The van der Waals surface area contributed by atoms with Crippen LogP contribution in [-0.4, -0.2) is 44.4 Å². The van der Waals surface area contributed by atoms with Crippen LogP contribution in [0.2, 0.25) is 0 Å². The molecule has 1 aliphatic rings. The molecule has 0 spiro atoms. The smallest absolute Gasteiger partial charge is 0.137 e. The van der Waals surface area contributed by atoms with Crippen molar-refractivity contribution in [3.8, 4) is 11.8 Å². The first-order chi connectivity index (χ1) is 8.90. The number of nitriles is 1. The van der Waals surface area contributed by atoms with Crippen LogP contribution in [-0.2, 0) is 4.74 Å². The van der Waals surface area contributed by atoms with E-state index in [1.165, 1.54) is 0 Å². The van der Waals surface area contributed by atoms with E-state index in [4.69, 9.17) is 14.7 Å². The Morgan fingerprint density at radius 2 is 2.06 bits per heavy atom. The number of hydrogen-bond donors (Lipinski definition) is 0. The van der Waals surface area contributed by atoms with Crippen molar-refractivity contribution >= 4 is 0 Å². The summed E-state index contributed by atoms with van der Waals surface area (Å²) in [5.41, 5.74) is 0.601. The van der Waals surface area contributed by atoms with Crippen molar-refractivity contribution in [2.24, 2.45) is 0 Å². The lowest BCUT2D eigenvalue weighted by Gasteiger charge is -2.26. The van der Waals surface area contributed by atoms with Gasteiger partial charge in [-0.15, -0.1) is 0 Å². The Morgan fingerprint density at radius 3 is 2.83 bits per heavy atom. The summed E-state index contributed by atoms with van der Waals surface area (Å²) in [5.74, 6) is 0.682. The first kappa shape index (κ1) is 12.9. The molecule has 1 saturated heterocycles. The third-order valence-electron chi connectivity index (χ3n) is 2.99. The van der Waals surface area contributed by atoms with Gasteiger partial charge >= 0.3 is 0 Å². The van der Waals surface area contributed by atoms with Gasteiger partial charge in [-0.1, -0.05) is 12.1 Å². The van der Waals surface area contributed by atoms with Crippen molar-refractivity contribution < 1.29 is 9.47 Å². The molecule has 0 aliphatic carbocycles. The number of para-hydroxylation sites is 1. The predicted molar refractivity (Wildman–Crippen MR) is 68.5 cm³/mol. The van der Waals surface area contributed by atoms with E-state index in [9.17, 15) is 0 Å². The lowest BCUT2D eigenvalue weighted by molar-refractivity contribution is 0.0358. The van der Waals surface area contributed by atoms with Gasteiger partial charge in [0, 0.05) is 19.6 Å². The van der Waals surface area contributed by atoms with Crippen LogP contribution in [0.4, 0.5) is 0 Å². The van der Waals surface area contributed by atoms with E-state index in [-0.39, 0.29) is 0 Å². The Hall–Kier alpha value is -1.57. The fourth-order valence-corrected chi connectivity index (χ4v) is 1.98. The molecule has 0 unspecified atom stereocenters. The molecule has 0 atom stereocenters. The van der Waals surface area contributed by atoms with E-state index < -0.39 is 0 Å². The van der Waals surface area contributed by atoms with Crippen LogP contribution in [0.3, 0.4) is 0 Å². The first-order valence-corrected chi connectivity index (χ1v) is 6.32. The molecule has 0 saturated carbocycles. The van der Waals surface area contributed by atoms with Crippen molar-refractivity contribution in [3.05, 3.63) is 29.8 Å². The largest absolute Gasteiger partial charge is 0.492 e. The third kappa shape index (κ3) is 3.73. The highest BCUT2D eigenvalue weighted by Gasteiger charge is 2.09. The standard InChI is InChI=1S/C14H18N2O2/c15-12-13-4-1-2-5-14(13)18-9-3-6-16-7-10-17-11-8-16/h1-2,4-5H,3,6-11H2. The zero-order valence-corrected chi connectivity index (χ0v) is 10.5. The molecule has 1 aromatic rings. The molecule has 4 heteroatoms. The highest BCUT2D eigenvalue weighted by molar-refractivity contribution is 5.42. The van der Waals surface area contributed by atoms with E-state index in [2.05, 4.69) is 11.0 Å². The molecule has 0 N–H and O–H groups in total. The zero-order valence-electron chi connectivity index (χ0n) is 10.5. The van der Waals surface area contributed by atoms with Crippen LogP contribution < -0.4 is 4.74 Å². The number of hydrogen-bond acceptors (Lipinski definition) is 4. The molecular weight excluding hydrogens is 228 g/mol. The van der Waals surface area contributed by atoms with Gasteiger partial charge < -0.3 is 9.47 Å². The fraction of sp³-hybridized carbons (Fsp3) is 0.500. The van der Waals surface area contributed by atoms with Gasteiger partial charge in [0.05, 0.1) is 25.4 Å². The van der Waals surface area contributed by atoms with Gasteiger partial charge in [0.1, 0.15) is 11.8 Å². The van der Waals surface area contributed by atoms with Crippen molar-refractivity contribution in [2.45, 2.75) is 6.42 Å². The van der Waals surface area contributed by atoms with Crippen LogP contribution in [0.1, 0.15) is 12.0 Å². The molecule has 18 heavy (non-hydrogen) atoms. The van der Waals surface area contributed by atoms with Crippen LogP contribution >= 0.6 is 0 Å². The van der Waals surface area contributed by atoms with Gasteiger partial charge in [0.15, 0.2) is 0 Å². The van der Waals surface area contributed by atoms with Crippen LogP contribution in [0.5, 0.6) is 5.75 Å². The molecule has 0 bridgehead atoms. The lowest BCUT2D eigenvalue weighted by Crippen LogP contribution is -2.37. The molecule has 0 radical (unpaired) electrons. The van der Waals surface area contributed by atoms with Crippen molar-refractivity contribution in [1.82, 2.24) is 4.90 Å². The number of nitrogens with zero attached hydrogens (tertiary/aromatic N) is 2. The number of benzene rings is 1. The zero-order chi connectivity index (χ0) is 12.6. The molecule has 1 aliphatic heterocycles. The Balaban J connectivity index is 1.70. The van der Waals surface area contributed by atoms with E-state index in [1.807, 2.05) is 18.2 Å². The summed E-state index contributed by atoms with van der Waals surface area (Å²) in [6.45, 7) is 5.36. The number of morpholine rings is 1. The summed E-state index contributed by atoms with van der Waals surface area (Å²) in [5, 5.41) is 8.93. The first-order valence-electron chi connectivity index (χ1n) is 6.32. The summed E-state index contributed by atoms with van der Waals surface area (Å²) < 4.78 is 10.9. The molecule has 2 rings (SSSR count). The second-order valence-electron chi connectivity index (χ2n) is 4.26. The second kappa shape index (κ2) is 7.00. The summed E-state index contributed by atoms with van der Waals surface area (Å²) in [7, 11) is 0. The molecular formula is C14H18N2O2. The highest BCUT2D eigenvalue weighted by Crippen LogP contribution is 2.16. The molecule has 1 fully saturated rings. The van der Waals surface area contributed by atoms with E-state index in [1.54, 1.807) is 6.07 Å². The van der Waals surface area contributed by atoms with Gasteiger partial charge in [-0.2, -0.15) is 5.26 Å². The maximum absolute atomic E-state index is 8.93. The highest BCUT2D eigenvalue weighted by atomic mass is 16.5. The van der Waals surface area contributed by atoms with Crippen LogP contribution in [0.15, 0.2) is 24.3 Å². The average molecular weight is 246 g/mol. The van der Waals surface area contributed by atoms with Crippen LogP contribution in [0, 0.1) is 11.3 Å². The summed E-state index contributed by atoms with van der Waals surface area (Å²) >= 11 is 0. The molecule has 1 aromatic carbocycles. The average Bonchev–Trinajstić information content (AvgIpc) is 2.45. The summed E-state index contributed by atoms with van der Waals surface area (Å²) in [6, 6.07) is 9.48. The van der Waals surface area contributed by atoms with Gasteiger partial charge in [-0.05, 0) is 18.6 Å². The van der Waals surface area contributed by atoms with E-state index >= 15 is 0 Å². The molecule has 1 heterocycles. The summed E-state index contributed by atoms with van der Waals surface area (Å²) in [4.78, 5) is 2.38. The SMILES string of the molecule is N#Cc1ccccc1OCCCN1CCOCC1. The van der Waals surface area contributed by atoms with Gasteiger partial charge in [0.2, 0.25) is 0 Å². The molecule has 4 nitrogen and oxygen atoms in total. The van der Waals surface area contributed by atoms with Gasteiger partial charge in [-0.25, -0.2) is 0 Å². The lowest BCUT2D eigenvalue weighted by atomic mass is 10.2. The molecule has 0 amide bonds. The second-order valence-corrected chi connectivity index (χ2v) is 4.26.